The predicted octanol–water partition coefficient (Wildman–Crippen LogP) is 3.49. The van der Waals surface area contributed by atoms with Crippen LogP contribution in [0.4, 0.5) is 0 Å². The third-order valence-electron chi connectivity index (χ3n) is 3.53. The molecule has 1 saturated carbocycles. The first-order valence-corrected chi connectivity index (χ1v) is 8.82. The van der Waals surface area contributed by atoms with Gasteiger partial charge in [0.05, 0.1) is 5.75 Å². The Bertz CT molecular complexity index is 456. The van der Waals surface area contributed by atoms with Crippen LogP contribution in [-0.4, -0.2) is 21.5 Å². The zero-order valence-electron chi connectivity index (χ0n) is 11.0. The van der Waals surface area contributed by atoms with Gasteiger partial charge in [0.2, 0.25) is 0 Å². The lowest BCUT2D eigenvalue weighted by molar-refractivity contribution is 0.102. The van der Waals surface area contributed by atoms with Crippen LogP contribution in [0.3, 0.4) is 0 Å². The fourth-order valence-electron chi connectivity index (χ4n) is 2.63. The minimum Gasteiger partial charge on any atom is -0.293 e. The van der Waals surface area contributed by atoms with Crippen LogP contribution < -0.4 is 0 Å². The van der Waals surface area contributed by atoms with Crippen molar-refractivity contribution in [1.82, 2.24) is 0 Å². The lowest BCUT2D eigenvalue weighted by Gasteiger charge is -2.07. The van der Waals surface area contributed by atoms with E-state index in [1.807, 2.05) is 19.9 Å². The molecule has 2 nitrogen and oxygen atoms in total. The Balaban J connectivity index is 1.90. The standard InChI is InChI=1S/C14H20O2S2/c1-10-7-13(11(2)17-10)14(15)9-18(16)8-12-5-3-4-6-12/h7,12H,3-6,8-9H2,1-2H3. The Morgan fingerprint density at radius 2 is 2.06 bits per heavy atom. The Morgan fingerprint density at radius 1 is 1.39 bits per heavy atom. The zero-order valence-corrected chi connectivity index (χ0v) is 12.7. The van der Waals surface area contributed by atoms with Gasteiger partial charge in [0.1, 0.15) is 0 Å². The molecule has 0 bridgehead atoms. The van der Waals surface area contributed by atoms with Crippen LogP contribution in [0.2, 0.25) is 0 Å². The summed E-state index contributed by atoms with van der Waals surface area (Å²) in [6.07, 6.45) is 4.91. The summed E-state index contributed by atoms with van der Waals surface area (Å²) in [5.41, 5.74) is 0.775. The van der Waals surface area contributed by atoms with E-state index in [0.717, 1.165) is 15.3 Å². The van der Waals surface area contributed by atoms with Crippen LogP contribution in [0, 0.1) is 19.8 Å². The first kappa shape index (κ1) is 13.9. The van der Waals surface area contributed by atoms with Gasteiger partial charge in [-0.05, 0) is 38.7 Å². The molecule has 1 aliphatic carbocycles. The molecule has 1 atom stereocenters. The third-order valence-corrected chi connectivity index (χ3v) is 5.92. The maximum Gasteiger partial charge on any atom is 0.176 e. The molecule has 2 rings (SSSR count). The van der Waals surface area contributed by atoms with Gasteiger partial charge < -0.3 is 0 Å². The number of hydrogen-bond donors (Lipinski definition) is 0. The average Bonchev–Trinajstić information content (AvgIpc) is 2.88. The minimum atomic E-state index is -0.984. The molecule has 1 aromatic rings. The maximum atomic E-state index is 12.1. The van der Waals surface area contributed by atoms with Gasteiger partial charge in [-0.3, -0.25) is 9.00 Å². The summed E-state index contributed by atoms with van der Waals surface area (Å²) < 4.78 is 12.0. The fraction of sp³-hybridized carbons (Fsp3) is 0.643. The van der Waals surface area contributed by atoms with Gasteiger partial charge in [0, 0.05) is 31.9 Å². The number of thiophene rings is 1. The van der Waals surface area contributed by atoms with E-state index in [-0.39, 0.29) is 11.5 Å². The van der Waals surface area contributed by atoms with Gasteiger partial charge in [0.25, 0.3) is 0 Å². The van der Waals surface area contributed by atoms with Crippen molar-refractivity contribution in [2.24, 2.45) is 5.92 Å². The molecule has 1 fully saturated rings. The SMILES string of the molecule is Cc1cc(C(=O)CS(=O)CC2CCCC2)c(C)s1. The second-order valence-corrected chi connectivity index (χ2v) is 8.11. The van der Waals surface area contributed by atoms with Crippen molar-refractivity contribution in [3.63, 3.8) is 0 Å². The van der Waals surface area contributed by atoms with Crippen molar-refractivity contribution in [3.8, 4) is 0 Å². The monoisotopic (exact) mass is 284 g/mol. The maximum absolute atomic E-state index is 12.1. The van der Waals surface area contributed by atoms with E-state index in [1.54, 1.807) is 11.3 Å². The smallest absolute Gasteiger partial charge is 0.176 e. The first-order valence-electron chi connectivity index (χ1n) is 6.51. The van der Waals surface area contributed by atoms with Crippen molar-refractivity contribution in [1.29, 1.82) is 0 Å². The van der Waals surface area contributed by atoms with Crippen molar-refractivity contribution >= 4 is 27.9 Å². The Morgan fingerprint density at radius 3 is 2.61 bits per heavy atom. The Kier molecular flexibility index (Phi) is 4.73. The Hall–Kier alpha value is -0.480. The summed E-state index contributed by atoms with van der Waals surface area (Å²) in [7, 11) is -0.984. The van der Waals surface area contributed by atoms with Crippen LogP contribution >= 0.6 is 11.3 Å². The van der Waals surface area contributed by atoms with E-state index >= 15 is 0 Å². The zero-order chi connectivity index (χ0) is 13.1. The van der Waals surface area contributed by atoms with Gasteiger partial charge in [0.15, 0.2) is 5.78 Å². The van der Waals surface area contributed by atoms with E-state index < -0.39 is 10.8 Å². The van der Waals surface area contributed by atoms with Gasteiger partial charge in [-0.2, -0.15) is 0 Å². The van der Waals surface area contributed by atoms with Crippen LogP contribution in [0.25, 0.3) is 0 Å². The number of aryl methyl sites for hydroxylation is 2. The van der Waals surface area contributed by atoms with E-state index in [4.69, 9.17) is 0 Å². The number of rotatable bonds is 5. The molecule has 1 aliphatic rings. The van der Waals surface area contributed by atoms with E-state index in [1.165, 1.54) is 25.7 Å². The molecule has 18 heavy (non-hydrogen) atoms. The quantitative estimate of drug-likeness (QED) is 0.776. The molecule has 0 aromatic carbocycles. The third kappa shape index (κ3) is 3.51. The molecule has 0 aliphatic heterocycles. The lowest BCUT2D eigenvalue weighted by atomic mass is 10.1. The van der Waals surface area contributed by atoms with Crippen molar-refractivity contribution in [3.05, 3.63) is 21.4 Å². The van der Waals surface area contributed by atoms with E-state index in [0.29, 0.717) is 11.7 Å². The number of carbonyl (C=O) groups is 1. The summed E-state index contributed by atoms with van der Waals surface area (Å²) in [6.45, 7) is 3.97. The normalized spacial score (nSPS) is 18.1. The van der Waals surface area contributed by atoms with Gasteiger partial charge in [-0.25, -0.2) is 0 Å². The predicted molar refractivity (Wildman–Crippen MR) is 78.0 cm³/mol. The molecule has 1 heterocycles. The molecule has 4 heteroatoms. The summed E-state index contributed by atoms with van der Waals surface area (Å²) >= 11 is 1.64. The molecule has 0 spiro atoms. The number of Topliss-reactive ketones (excluding diaryl/α,β-unsaturated/α-hetero) is 1. The molecule has 0 saturated heterocycles. The summed E-state index contributed by atoms with van der Waals surface area (Å²) in [6, 6.07) is 1.93. The Labute approximate surface area is 115 Å². The van der Waals surface area contributed by atoms with Crippen LogP contribution in [0.1, 0.15) is 45.8 Å². The molecular weight excluding hydrogens is 264 g/mol. The summed E-state index contributed by atoms with van der Waals surface area (Å²) in [4.78, 5) is 14.3. The van der Waals surface area contributed by atoms with Crippen LogP contribution in [0.5, 0.6) is 0 Å². The molecule has 1 unspecified atom stereocenters. The summed E-state index contributed by atoms with van der Waals surface area (Å²) in [5, 5.41) is 0. The highest BCUT2D eigenvalue weighted by Crippen LogP contribution is 2.26. The first-order chi connectivity index (χ1) is 8.56. The lowest BCUT2D eigenvalue weighted by Crippen LogP contribution is -2.17. The molecule has 0 radical (unpaired) electrons. The fourth-order valence-corrected chi connectivity index (χ4v) is 5.00. The number of hydrogen-bond acceptors (Lipinski definition) is 3. The second-order valence-electron chi connectivity index (χ2n) is 5.15. The summed E-state index contributed by atoms with van der Waals surface area (Å²) in [5.74, 6) is 1.55. The van der Waals surface area contributed by atoms with Crippen molar-refractivity contribution in [2.45, 2.75) is 39.5 Å². The molecular formula is C14H20O2S2. The average molecular weight is 284 g/mol. The molecule has 1 aromatic heterocycles. The molecule has 0 amide bonds. The molecule has 100 valence electrons. The minimum absolute atomic E-state index is 0.0492. The highest BCUT2D eigenvalue weighted by Gasteiger charge is 2.20. The molecule has 0 N–H and O–H groups in total. The highest BCUT2D eigenvalue weighted by atomic mass is 32.2. The van der Waals surface area contributed by atoms with E-state index in [2.05, 4.69) is 0 Å². The van der Waals surface area contributed by atoms with Gasteiger partial charge in [-0.1, -0.05) is 12.8 Å². The second kappa shape index (κ2) is 6.11. The topological polar surface area (TPSA) is 34.1 Å². The van der Waals surface area contributed by atoms with Gasteiger partial charge >= 0.3 is 0 Å². The number of carbonyl (C=O) groups excluding carboxylic acids is 1. The van der Waals surface area contributed by atoms with Crippen molar-refractivity contribution in [2.75, 3.05) is 11.5 Å². The van der Waals surface area contributed by atoms with E-state index in [9.17, 15) is 9.00 Å². The van der Waals surface area contributed by atoms with Crippen LogP contribution in [-0.2, 0) is 10.8 Å². The number of ketones is 1. The van der Waals surface area contributed by atoms with Gasteiger partial charge in [-0.15, -0.1) is 11.3 Å². The van der Waals surface area contributed by atoms with Crippen LogP contribution in [0.15, 0.2) is 6.07 Å². The highest BCUT2D eigenvalue weighted by molar-refractivity contribution is 7.85. The largest absolute Gasteiger partial charge is 0.293 e. The van der Waals surface area contributed by atoms with Crippen molar-refractivity contribution < 1.29 is 9.00 Å².